The maximum atomic E-state index is 6.50. The highest BCUT2D eigenvalue weighted by molar-refractivity contribution is 7.78. The predicted octanol–water partition coefficient (Wildman–Crippen LogP) is -1.37. The Kier molecular flexibility index (Phi) is 53.9. The standard InChI is InChI=1S/H4N2S.H3NO/c1-2-3;1-2/h2-3H,1H2;2H,1H2. The molecule has 0 aromatic carbocycles. The Morgan fingerprint density at radius 1 is 1.60 bits per heavy atom. The lowest BCUT2D eigenvalue weighted by Gasteiger charge is -1.61. The zero-order valence-corrected chi connectivity index (χ0v) is 3.44. The van der Waals surface area contributed by atoms with Gasteiger partial charge in [-0.2, -0.15) is 0 Å². The van der Waals surface area contributed by atoms with E-state index in [1.807, 2.05) is 4.83 Å². The van der Waals surface area contributed by atoms with E-state index in [1.54, 1.807) is 0 Å². The van der Waals surface area contributed by atoms with Gasteiger partial charge in [0.15, 0.2) is 0 Å². The summed E-state index contributed by atoms with van der Waals surface area (Å²) in [6.45, 7) is 0. The van der Waals surface area contributed by atoms with Crippen LogP contribution in [-0.2, 0) is 0 Å². The van der Waals surface area contributed by atoms with Crippen LogP contribution in [0.25, 0.3) is 0 Å². The highest BCUT2D eigenvalue weighted by Gasteiger charge is 1.23. The van der Waals surface area contributed by atoms with Crippen LogP contribution in [-0.4, -0.2) is 5.21 Å². The van der Waals surface area contributed by atoms with Crippen LogP contribution in [0.4, 0.5) is 0 Å². The van der Waals surface area contributed by atoms with Gasteiger partial charge in [-0.3, -0.25) is 5.84 Å². The maximum absolute atomic E-state index is 6.50. The molecule has 4 nitrogen and oxygen atoms in total. The second-order valence-electron chi connectivity index (χ2n) is 0.129. The fraction of sp³-hybridized carbons (Fsp3) is 0. The van der Waals surface area contributed by atoms with Gasteiger partial charge in [0.05, 0.1) is 0 Å². The number of hydrogen-bond donors (Lipinski definition) is 5. The van der Waals surface area contributed by atoms with Gasteiger partial charge in [0.2, 0.25) is 0 Å². The van der Waals surface area contributed by atoms with Gasteiger partial charge in [0.1, 0.15) is 0 Å². The molecule has 6 N–H and O–H groups in total. The molecule has 0 aliphatic carbocycles. The van der Waals surface area contributed by atoms with Crippen molar-refractivity contribution < 1.29 is 5.21 Å². The van der Waals surface area contributed by atoms with Gasteiger partial charge in [-0.1, -0.05) is 12.8 Å². The fourth-order valence-electron chi connectivity index (χ4n) is 0. The normalized spacial score (nSPS) is 4.80. The summed E-state index contributed by atoms with van der Waals surface area (Å²) in [6, 6.07) is 0. The van der Waals surface area contributed by atoms with E-state index in [4.69, 9.17) is 5.21 Å². The van der Waals surface area contributed by atoms with Crippen LogP contribution >= 0.6 is 12.8 Å². The van der Waals surface area contributed by atoms with Gasteiger partial charge in [-0.15, -0.1) is 0 Å². The van der Waals surface area contributed by atoms with Gasteiger partial charge in [0.25, 0.3) is 0 Å². The Balaban J connectivity index is 0. The van der Waals surface area contributed by atoms with Crippen molar-refractivity contribution in [3.8, 4) is 0 Å². The molecule has 0 fully saturated rings. The minimum atomic E-state index is 1.94. The van der Waals surface area contributed by atoms with E-state index in [-0.39, 0.29) is 0 Å². The first-order chi connectivity index (χ1) is 2.41. The zero-order valence-electron chi connectivity index (χ0n) is 2.55. The predicted molar refractivity (Wildman–Crippen MR) is 22.3 cm³/mol. The third-order valence-electron chi connectivity index (χ3n) is 0. The summed E-state index contributed by atoms with van der Waals surface area (Å²) >= 11 is 3.32. The summed E-state index contributed by atoms with van der Waals surface area (Å²) in [4.78, 5) is 1.94. The summed E-state index contributed by atoms with van der Waals surface area (Å²) in [5.41, 5.74) is 0. The van der Waals surface area contributed by atoms with Crippen LogP contribution in [0.15, 0.2) is 0 Å². The SMILES string of the molecule is NNS.NO. The number of nitrogens with two attached hydrogens (primary N) is 2. The summed E-state index contributed by atoms with van der Waals surface area (Å²) in [7, 11) is 0. The minimum absolute atomic E-state index is 1.94. The maximum Gasteiger partial charge on any atom is -0.0844 e. The Bertz CT molecular complexity index is 6.85. The number of nitrogens with one attached hydrogen (secondary N) is 1. The van der Waals surface area contributed by atoms with E-state index in [2.05, 4.69) is 24.6 Å². The quantitative estimate of drug-likeness (QED) is 0.147. The number of hydrogen-bond acceptors (Lipinski definition) is 5. The van der Waals surface area contributed by atoms with Gasteiger partial charge in [-0.05, 0) is 0 Å². The molecule has 0 saturated carbocycles. The molecule has 0 aliphatic rings. The van der Waals surface area contributed by atoms with E-state index >= 15 is 0 Å². The molecule has 0 atom stereocenters. The Morgan fingerprint density at radius 3 is 1.60 bits per heavy atom. The van der Waals surface area contributed by atoms with Crippen molar-refractivity contribution in [2.24, 2.45) is 11.7 Å². The number of thiol groups is 1. The molecular formula is H7N3OS. The van der Waals surface area contributed by atoms with Crippen LogP contribution < -0.4 is 16.6 Å². The lowest BCUT2D eigenvalue weighted by atomic mass is 13.0. The van der Waals surface area contributed by atoms with E-state index in [1.165, 1.54) is 0 Å². The van der Waals surface area contributed by atoms with Gasteiger partial charge in [-0.25, -0.2) is 10.7 Å². The molecule has 0 saturated heterocycles. The third kappa shape index (κ3) is 557. The van der Waals surface area contributed by atoms with E-state index in [0.29, 0.717) is 0 Å². The first kappa shape index (κ1) is 8.95. The monoisotopic (exact) mass is 97.0 g/mol. The molecule has 0 aliphatic heterocycles. The van der Waals surface area contributed by atoms with Crippen LogP contribution in [0.2, 0.25) is 0 Å². The molecule has 0 radical (unpaired) electrons. The van der Waals surface area contributed by atoms with Crippen molar-refractivity contribution >= 4 is 12.8 Å². The largest absolute Gasteiger partial charge is 0.320 e. The lowest BCUT2D eigenvalue weighted by Crippen LogP contribution is -2.05. The van der Waals surface area contributed by atoms with Crippen molar-refractivity contribution in [2.75, 3.05) is 0 Å². The molecule has 0 unspecified atom stereocenters. The van der Waals surface area contributed by atoms with Crippen LogP contribution in [0, 0.1) is 0 Å². The topological polar surface area (TPSA) is 84.3 Å². The lowest BCUT2D eigenvalue weighted by molar-refractivity contribution is 0.311. The summed E-state index contributed by atoms with van der Waals surface area (Å²) < 4.78 is 0. The van der Waals surface area contributed by atoms with E-state index < -0.39 is 0 Å². The number of rotatable bonds is 0. The van der Waals surface area contributed by atoms with E-state index in [9.17, 15) is 0 Å². The molecule has 0 aromatic heterocycles. The highest BCUT2D eigenvalue weighted by Crippen LogP contribution is 1.29. The van der Waals surface area contributed by atoms with Crippen molar-refractivity contribution in [3.63, 3.8) is 0 Å². The molecule has 0 bridgehead atoms. The van der Waals surface area contributed by atoms with E-state index in [0.717, 1.165) is 0 Å². The summed E-state index contributed by atoms with van der Waals surface area (Å²) in [6.07, 6.45) is 0. The average molecular weight is 97.1 g/mol. The van der Waals surface area contributed by atoms with Gasteiger partial charge in [0, 0.05) is 0 Å². The first-order valence-electron chi connectivity index (χ1n) is 0.770. The minimum Gasteiger partial charge on any atom is -0.320 e. The molecule has 5 heteroatoms. The molecule has 0 spiro atoms. The molecule has 5 heavy (non-hydrogen) atoms. The Hall–Kier alpha value is 0.190. The molecule has 0 aromatic rings. The van der Waals surface area contributed by atoms with Crippen molar-refractivity contribution in [1.82, 2.24) is 4.83 Å². The third-order valence-corrected chi connectivity index (χ3v) is 0. The molecule has 34 valence electrons. The second-order valence-corrected chi connectivity index (χ2v) is 0.387. The Morgan fingerprint density at radius 2 is 1.60 bits per heavy atom. The van der Waals surface area contributed by atoms with Crippen LogP contribution in [0.1, 0.15) is 0 Å². The van der Waals surface area contributed by atoms with Gasteiger partial charge < -0.3 is 5.21 Å². The average Bonchev–Trinajstić information content (AvgIpc) is 1.46. The van der Waals surface area contributed by atoms with Gasteiger partial charge >= 0.3 is 0 Å². The number of hydrazine groups is 1. The summed E-state index contributed by atoms with van der Waals surface area (Å²) in [5.74, 6) is 7.96. The first-order valence-corrected chi connectivity index (χ1v) is 1.22. The molecule has 0 rings (SSSR count). The van der Waals surface area contributed by atoms with Crippen molar-refractivity contribution in [3.05, 3.63) is 0 Å². The molecular weight excluding hydrogens is 90.1 g/mol. The molecule has 0 amide bonds. The molecule has 0 heterocycles. The highest BCUT2D eigenvalue weighted by atomic mass is 32.1. The summed E-state index contributed by atoms with van der Waals surface area (Å²) in [5, 5.41) is 6.50. The zero-order chi connectivity index (χ0) is 4.71. The van der Waals surface area contributed by atoms with Crippen LogP contribution in [0.3, 0.4) is 0 Å². The van der Waals surface area contributed by atoms with Crippen molar-refractivity contribution in [1.29, 1.82) is 0 Å². The smallest absolute Gasteiger partial charge is 0.0844 e. The second kappa shape index (κ2) is 30.1. The Labute approximate surface area is 35.6 Å². The van der Waals surface area contributed by atoms with Crippen molar-refractivity contribution in [2.45, 2.75) is 0 Å². The fourth-order valence-corrected chi connectivity index (χ4v) is 0. The van der Waals surface area contributed by atoms with Crippen LogP contribution in [0.5, 0.6) is 0 Å².